The molecule has 116 valence electrons. The van der Waals surface area contributed by atoms with E-state index >= 15 is 0 Å². The first-order valence-electron chi connectivity index (χ1n) is 7.50. The van der Waals surface area contributed by atoms with Crippen LogP contribution in [0.4, 0.5) is 4.39 Å². The molecule has 1 aliphatic rings. The molecule has 1 aromatic rings. The van der Waals surface area contributed by atoms with Crippen molar-refractivity contribution in [1.29, 1.82) is 0 Å². The molecule has 1 N–H and O–H groups in total. The average Bonchev–Trinajstić information content (AvgIpc) is 2.49. The van der Waals surface area contributed by atoms with Crippen LogP contribution in [0.2, 0.25) is 0 Å². The summed E-state index contributed by atoms with van der Waals surface area (Å²) in [5.41, 5.74) is 0.0757. The van der Waals surface area contributed by atoms with Gasteiger partial charge in [0.25, 0.3) is 5.91 Å². The number of piperidine rings is 1. The van der Waals surface area contributed by atoms with Gasteiger partial charge in [0, 0.05) is 25.2 Å². The van der Waals surface area contributed by atoms with Crippen LogP contribution in [0.15, 0.2) is 18.2 Å². The SMILES string of the molecule is CCCN1CCC(NC(=O)c2ccc(OC)cc2F)CC1. The van der Waals surface area contributed by atoms with Gasteiger partial charge < -0.3 is 15.0 Å². The van der Waals surface area contributed by atoms with Crippen LogP contribution >= 0.6 is 0 Å². The lowest BCUT2D eigenvalue weighted by atomic mass is 10.0. The summed E-state index contributed by atoms with van der Waals surface area (Å²) in [6.45, 7) is 5.25. The Kier molecular flexibility index (Phi) is 5.56. The Morgan fingerprint density at radius 3 is 2.71 bits per heavy atom. The quantitative estimate of drug-likeness (QED) is 0.907. The highest BCUT2D eigenvalue weighted by Gasteiger charge is 2.21. The second kappa shape index (κ2) is 7.41. The van der Waals surface area contributed by atoms with E-state index in [0.29, 0.717) is 5.75 Å². The fourth-order valence-electron chi connectivity index (χ4n) is 2.69. The zero-order valence-electron chi connectivity index (χ0n) is 12.7. The largest absolute Gasteiger partial charge is 0.497 e. The standard InChI is InChI=1S/C16H23FN2O2/c1-3-8-19-9-6-12(7-10-19)18-16(20)14-5-4-13(21-2)11-15(14)17/h4-5,11-12H,3,6-10H2,1-2H3,(H,18,20). The highest BCUT2D eigenvalue weighted by atomic mass is 19.1. The third kappa shape index (κ3) is 4.17. The number of methoxy groups -OCH3 is 1. The van der Waals surface area contributed by atoms with Gasteiger partial charge in [-0.2, -0.15) is 0 Å². The minimum atomic E-state index is -0.546. The first kappa shape index (κ1) is 15.8. The van der Waals surface area contributed by atoms with Gasteiger partial charge in [0.2, 0.25) is 0 Å². The predicted octanol–water partition coefficient (Wildman–Crippen LogP) is 2.44. The van der Waals surface area contributed by atoms with Crippen LogP contribution in [0.5, 0.6) is 5.75 Å². The third-order valence-corrected chi connectivity index (χ3v) is 3.88. The lowest BCUT2D eigenvalue weighted by Gasteiger charge is -2.32. The molecule has 1 aliphatic heterocycles. The minimum Gasteiger partial charge on any atom is -0.497 e. The van der Waals surface area contributed by atoms with E-state index in [-0.39, 0.29) is 17.5 Å². The zero-order valence-corrected chi connectivity index (χ0v) is 12.7. The molecule has 1 heterocycles. The van der Waals surface area contributed by atoms with Crippen LogP contribution in [-0.2, 0) is 0 Å². The summed E-state index contributed by atoms with van der Waals surface area (Å²) in [5.74, 6) is -0.476. The Hall–Kier alpha value is -1.62. The lowest BCUT2D eigenvalue weighted by Crippen LogP contribution is -2.44. The van der Waals surface area contributed by atoms with Gasteiger partial charge in [-0.15, -0.1) is 0 Å². The average molecular weight is 294 g/mol. The van der Waals surface area contributed by atoms with Gasteiger partial charge in [0.1, 0.15) is 11.6 Å². The Morgan fingerprint density at radius 2 is 2.14 bits per heavy atom. The van der Waals surface area contributed by atoms with Gasteiger partial charge in [-0.1, -0.05) is 6.92 Å². The highest BCUT2D eigenvalue weighted by molar-refractivity contribution is 5.94. The van der Waals surface area contributed by atoms with Crippen LogP contribution in [0.3, 0.4) is 0 Å². The molecule has 0 aliphatic carbocycles. The van der Waals surface area contributed by atoms with Gasteiger partial charge in [-0.3, -0.25) is 4.79 Å². The molecule has 2 rings (SSSR count). The van der Waals surface area contributed by atoms with Gasteiger partial charge >= 0.3 is 0 Å². The van der Waals surface area contributed by atoms with Crippen molar-refractivity contribution in [2.45, 2.75) is 32.2 Å². The fourth-order valence-corrected chi connectivity index (χ4v) is 2.69. The molecule has 0 unspecified atom stereocenters. The number of amides is 1. The number of carbonyl (C=O) groups is 1. The molecule has 0 aromatic heterocycles. The summed E-state index contributed by atoms with van der Waals surface area (Å²) < 4.78 is 18.8. The van der Waals surface area contributed by atoms with E-state index < -0.39 is 5.82 Å². The summed E-state index contributed by atoms with van der Waals surface area (Å²) in [7, 11) is 1.47. The predicted molar refractivity (Wildman–Crippen MR) is 80.2 cm³/mol. The monoisotopic (exact) mass is 294 g/mol. The Balaban J connectivity index is 1.90. The lowest BCUT2D eigenvalue weighted by molar-refractivity contribution is 0.0907. The van der Waals surface area contributed by atoms with E-state index in [1.54, 1.807) is 6.07 Å². The molecule has 0 spiro atoms. The number of halogens is 1. The summed E-state index contributed by atoms with van der Waals surface area (Å²) >= 11 is 0. The number of carbonyl (C=O) groups excluding carboxylic acids is 1. The Bertz CT molecular complexity index is 485. The molecular weight excluding hydrogens is 271 g/mol. The second-order valence-electron chi connectivity index (χ2n) is 5.44. The molecule has 1 aromatic carbocycles. The number of hydrogen-bond acceptors (Lipinski definition) is 3. The van der Waals surface area contributed by atoms with Crippen molar-refractivity contribution in [2.24, 2.45) is 0 Å². The molecule has 4 nitrogen and oxygen atoms in total. The van der Waals surface area contributed by atoms with Crippen molar-refractivity contribution < 1.29 is 13.9 Å². The normalized spacial score (nSPS) is 16.7. The Morgan fingerprint density at radius 1 is 1.43 bits per heavy atom. The molecule has 1 fully saturated rings. The molecule has 21 heavy (non-hydrogen) atoms. The fraction of sp³-hybridized carbons (Fsp3) is 0.562. The zero-order chi connectivity index (χ0) is 15.2. The highest BCUT2D eigenvalue weighted by Crippen LogP contribution is 2.17. The van der Waals surface area contributed by atoms with Crippen LogP contribution in [0.1, 0.15) is 36.5 Å². The van der Waals surface area contributed by atoms with E-state index in [2.05, 4.69) is 17.1 Å². The maximum Gasteiger partial charge on any atom is 0.254 e. The molecule has 5 heteroatoms. The smallest absolute Gasteiger partial charge is 0.254 e. The van der Waals surface area contributed by atoms with E-state index in [1.165, 1.54) is 19.2 Å². The topological polar surface area (TPSA) is 41.6 Å². The van der Waals surface area contributed by atoms with Crippen LogP contribution in [0, 0.1) is 5.82 Å². The van der Waals surface area contributed by atoms with Crippen molar-refractivity contribution in [3.05, 3.63) is 29.6 Å². The number of benzene rings is 1. The minimum absolute atomic E-state index is 0.0757. The molecule has 0 bridgehead atoms. The summed E-state index contributed by atoms with van der Waals surface area (Å²) in [5, 5.41) is 2.93. The van der Waals surface area contributed by atoms with Gasteiger partial charge in [0.05, 0.1) is 12.7 Å². The number of nitrogens with one attached hydrogen (secondary N) is 1. The van der Waals surface area contributed by atoms with E-state index in [9.17, 15) is 9.18 Å². The van der Waals surface area contributed by atoms with Crippen molar-refractivity contribution in [3.8, 4) is 5.75 Å². The van der Waals surface area contributed by atoms with Gasteiger partial charge in [-0.05, 0) is 37.9 Å². The van der Waals surface area contributed by atoms with Gasteiger partial charge in [0.15, 0.2) is 0 Å². The molecule has 0 saturated carbocycles. The van der Waals surface area contributed by atoms with E-state index in [4.69, 9.17) is 4.74 Å². The van der Waals surface area contributed by atoms with E-state index in [0.717, 1.165) is 38.9 Å². The maximum absolute atomic E-state index is 13.9. The molecule has 1 amide bonds. The van der Waals surface area contributed by atoms with E-state index in [1.807, 2.05) is 0 Å². The van der Waals surface area contributed by atoms with Crippen molar-refractivity contribution in [3.63, 3.8) is 0 Å². The van der Waals surface area contributed by atoms with Crippen LogP contribution in [-0.4, -0.2) is 43.6 Å². The summed E-state index contributed by atoms with van der Waals surface area (Å²) in [6.07, 6.45) is 2.99. The van der Waals surface area contributed by atoms with Crippen molar-refractivity contribution in [1.82, 2.24) is 10.2 Å². The molecule has 0 radical (unpaired) electrons. The maximum atomic E-state index is 13.9. The third-order valence-electron chi connectivity index (χ3n) is 3.88. The second-order valence-corrected chi connectivity index (χ2v) is 5.44. The first-order valence-corrected chi connectivity index (χ1v) is 7.50. The number of likely N-dealkylation sites (tertiary alicyclic amines) is 1. The number of rotatable bonds is 5. The first-order chi connectivity index (χ1) is 10.1. The van der Waals surface area contributed by atoms with Gasteiger partial charge in [-0.25, -0.2) is 4.39 Å². The Labute approximate surface area is 125 Å². The number of nitrogens with zero attached hydrogens (tertiary/aromatic N) is 1. The summed E-state index contributed by atoms with van der Waals surface area (Å²) in [6, 6.07) is 4.43. The van der Waals surface area contributed by atoms with Crippen molar-refractivity contribution in [2.75, 3.05) is 26.7 Å². The molecule has 1 saturated heterocycles. The van der Waals surface area contributed by atoms with Crippen LogP contribution < -0.4 is 10.1 Å². The molecule has 0 atom stereocenters. The van der Waals surface area contributed by atoms with Crippen LogP contribution in [0.25, 0.3) is 0 Å². The number of hydrogen-bond donors (Lipinski definition) is 1. The summed E-state index contributed by atoms with van der Waals surface area (Å²) in [4.78, 5) is 14.5. The molecular formula is C16H23FN2O2. The van der Waals surface area contributed by atoms with Crippen molar-refractivity contribution >= 4 is 5.91 Å². The number of ether oxygens (including phenoxy) is 1.